The summed E-state index contributed by atoms with van der Waals surface area (Å²) in [7, 11) is -3.54. The highest BCUT2D eigenvalue weighted by Crippen LogP contribution is 2.30. The minimum atomic E-state index is -3.54. The Morgan fingerprint density at radius 2 is 1.67 bits per heavy atom. The third-order valence-corrected chi connectivity index (χ3v) is 6.95. The minimum Gasteiger partial charge on any atom is -0.465 e. The lowest BCUT2D eigenvalue weighted by Gasteiger charge is -2.31. The molecule has 3 aromatic rings. The number of amides is 1. The van der Waals surface area contributed by atoms with Gasteiger partial charge in [-0.05, 0) is 49.2 Å². The van der Waals surface area contributed by atoms with Gasteiger partial charge in [0.15, 0.2) is 0 Å². The molecule has 140 valence electrons. The summed E-state index contributed by atoms with van der Waals surface area (Å²) < 4.78 is 27.8. The van der Waals surface area contributed by atoms with Crippen LogP contribution in [0.5, 0.6) is 0 Å². The van der Waals surface area contributed by atoms with Crippen LogP contribution in [-0.4, -0.2) is 42.2 Å². The van der Waals surface area contributed by atoms with Crippen LogP contribution in [0.15, 0.2) is 70.6 Å². The lowest BCUT2D eigenvalue weighted by atomic mass is 10.1. The van der Waals surface area contributed by atoms with Crippen molar-refractivity contribution in [2.45, 2.75) is 28.7 Å². The molecule has 0 radical (unpaired) electrons. The average Bonchev–Trinajstić information content (AvgIpc) is 3.12. The number of rotatable bonds is 3. The number of benzene rings is 2. The van der Waals surface area contributed by atoms with Gasteiger partial charge in [0.25, 0.3) is 0 Å². The first kappa shape index (κ1) is 17.6. The highest BCUT2D eigenvalue weighted by atomic mass is 32.2. The van der Waals surface area contributed by atoms with Crippen molar-refractivity contribution in [1.82, 2.24) is 9.47 Å². The molecule has 0 bridgehead atoms. The van der Waals surface area contributed by atoms with Gasteiger partial charge in [-0.1, -0.05) is 18.2 Å². The smallest absolute Gasteiger partial charge is 0.407 e. The predicted octanol–water partition coefficient (Wildman–Crippen LogP) is 3.79. The molecular weight excluding hydrogens is 364 g/mol. The zero-order valence-electron chi connectivity index (χ0n) is 14.7. The predicted molar refractivity (Wildman–Crippen MR) is 102 cm³/mol. The molecule has 0 saturated carbocycles. The quantitative estimate of drug-likeness (QED) is 0.745. The molecule has 1 amide bonds. The SMILES string of the molecule is O=C(O)N1CCC(n2ccc3cc(S(=O)(=O)c4ccccc4)ccc32)CC1. The number of carboxylic acid groups (broad SMARTS) is 1. The molecule has 1 fully saturated rings. The molecule has 0 atom stereocenters. The van der Waals surface area contributed by atoms with Crippen LogP contribution in [0.2, 0.25) is 0 Å². The lowest BCUT2D eigenvalue weighted by Crippen LogP contribution is -2.37. The fourth-order valence-corrected chi connectivity index (χ4v) is 5.02. The summed E-state index contributed by atoms with van der Waals surface area (Å²) in [5.74, 6) is 0. The fraction of sp³-hybridized carbons (Fsp3) is 0.250. The van der Waals surface area contributed by atoms with E-state index in [-0.39, 0.29) is 15.8 Å². The average molecular weight is 384 g/mol. The van der Waals surface area contributed by atoms with Crippen LogP contribution >= 0.6 is 0 Å². The second-order valence-electron chi connectivity index (χ2n) is 6.76. The van der Waals surface area contributed by atoms with Crippen LogP contribution in [-0.2, 0) is 9.84 Å². The number of nitrogens with zero attached hydrogens (tertiary/aromatic N) is 2. The van der Waals surface area contributed by atoms with E-state index in [0.717, 1.165) is 23.7 Å². The zero-order valence-corrected chi connectivity index (χ0v) is 15.5. The molecule has 0 spiro atoms. The number of aromatic nitrogens is 1. The van der Waals surface area contributed by atoms with Crippen molar-refractivity contribution in [2.75, 3.05) is 13.1 Å². The molecule has 1 aliphatic rings. The molecule has 7 heteroatoms. The van der Waals surface area contributed by atoms with Crippen LogP contribution in [0.1, 0.15) is 18.9 Å². The molecule has 0 unspecified atom stereocenters. The first-order valence-electron chi connectivity index (χ1n) is 8.85. The molecule has 27 heavy (non-hydrogen) atoms. The number of sulfone groups is 1. The molecule has 1 N–H and O–H groups in total. The second-order valence-corrected chi connectivity index (χ2v) is 8.71. The van der Waals surface area contributed by atoms with Crippen molar-refractivity contribution < 1.29 is 18.3 Å². The molecule has 2 aromatic carbocycles. The normalized spacial score (nSPS) is 15.9. The molecule has 1 aliphatic heterocycles. The van der Waals surface area contributed by atoms with Gasteiger partial charge in [0, 0.05) is 36.2 Å². The van der Waals surface area contributed by atoms with E-state index in [1.165, 1.54) is 4.90 Å². The summed E-state index contributed by atoms with van der Waals surface area (Å²) in [6.45, 7) is 1.03. The molecule has 6 nitrogen and oxygen atoms in total. The van der Waals surface area contributed by atoms with E-state index in [1.807, 2.05) is 18.3 Å². The number of likely N-dealkylation sites (tertiary alicyclic amines) is 1. The molecule has 0 aliphatic carbocycles. The van der Waals surface area contributed by atoms with Crippen LogP contribution in [0.25, 0.3) is 10.9 Å². The third kappa shape index (κ3) is 3.19. The van der Waals surface area contributed by atoms with Gasteiger partial charge in [-0.25, -0.2) is 13.2 Å². The van der Waals surface area contributed by atoms with E-state index < -0.39 is 15.9 Å². The molecular formula is C20H20N2O4S. The van der Waals surface area contributed by atoms with Gasteiger partial charge in [0.05, 0.1) is 9.79 Å². The Morgan fingerprint density at radius 3 is 2.33 bits per heavy atom. The maximum atomic E-state index is 12.8. The number of piperidine rings is 1. The first-order valence-corrected chi connectivity index (χ1v) is 10.3. The molecule has 2 heterocycles. The van der Waals surface area contributed by atoms with Crippen molar-refractivity contribution in [3.05, 3.63) is 60.8 Å². The Hall–Kier alpha value is -2.80. The maximum Gasteiger partial charge on any atom is 0.407 e. The highest BCUT2D eigenvalue weighted by molar-refractivity contribution is 7.91. The second kappa shape index (κ2) is 6.74. The summed E-state index contributed by atoms with van der Waals surface area (Å²) in [6, 6.07) is 15.7. The van der Waals surface area contributed by atoms with Gasteiger partial charge in [-0.3, -0.25) is 0 Å². The standard InChI is InChI=1S/C20H20N2O4S/c23-20(24)21-11-9-16(10-12-21)22-13-8-15-14-18(6-7-19(15)22)27(25,26)17-4-2-1-3-5-17/h1-8,13-14,16H,9-12H2,(H,23,24). The van der Waals surface area contributed by atoms with E-state index >= 15 is 0 Å². The van der Waals surface area contributed by atoms with Gasteiger partial charge in [-0.15, -0.1) is 0 Å². The van der Waals surface area contributed by atoms with E-state index in [1.54, 1.807) is 42.5 Å². The fourth-order valence-electron chi connectivity index (χ4n) is 3.70. The van der Waals surface area contributed by atoms with E-state index in [0.29, 0.717) is 13.1 Å². The van der Waals surface area contributed by atoms with Gasteiger partial charge in [-0.2, -0.15) is 0 Å². The van der Waals surface area contributed by atoms with Crippen LogP contribution in [0.4, 0.5) is 4.79 Å². The van der Waals surface area contributed by atoms with Crippen LogP contribution in [0, 0.1) is 0 Å². The minimum absolute atomic E-state index is 0.217. The molecule has 1 saturated heterocycles. The monoisotopic (exact) mass is 384 g/mol. The number of hydrogen-bond donors (Lipinski definition) is 1. The van der Waals surface area contributed by atoms with E-state index in [4.69, 9.17) is 5.11 Å². The Labute approximate surface area is 157 Å². The number of fused-ring (bicyclic) bond motifs is 1. The van der Waals surface area contributed by atoms with E-state index in [9.17, 15) is 13.2 Å². The lowest BCUT2D eigenvalue weighted by molar-refractivity contribution is 0.126. The van der Waals surface area contributed by atoms with Gasteiger partial charge >= 0.3 is 6.09 Å². The number of hydrogen-bond acceptors (Lipinski definition) is 3. The van der Waals surface area contributed by atoms with Crippen LogP contribution in [0.3, 0.4) is 0 Å². The first-order chi connectivity index (χ1) is 13.0. The Balaban J connectivity index is 1.64. The van der Waals surface area contributed by atoms with Crippen molar-refractivity contribution in [1.29, 1.82) is 0 Å². The maximum absolute atomic E-state index is 12.8. The Morgan fingerprint density at radius 1 is 0.963 bits per heavy atom. The van der Waals surface area contributed by atoms with Crippen molar-refractivity contribution in [2.24, 2.45) is 0 Å². The summed E-state index contributed by atoms with van der Waals surface area (Å²) in [5.41, 5.74) is 0.968. The van der Waals surface area contributed by atoms with Crippen molar-refractivity contribution in [3.8, 4) is 0 Å². The van der Waals surface area contributed by atoms with Crippen molar-refractivity contribution in [3.63, 3.8) is 0 Å². The molecule has 1 aromatic heterocycles. The Bertz CT molecular complexity index is 1080. The molecule has 4 rings (SSSR count). The van der Waals surface area contributed by atoms with Crippen LogP contribution < -0.4 is 0 Å². The topological polar surface area (TPSA) is 79.6 Å². The Kier molecular flexibility index (Phi) is 4.39. The van der Waals surface area contributed by atoms with Gasteiger partial charge in [0.1, 0.15) is 0 Å². The summed E-state index contributed by atoms with van der Waals surface area (Å²) in [4.78, 5) is 13.1. The summed E-state index contributed by atoms with van der Waals surface area (Å²) in [5, 5.41) is 9.96. The highest BCUT2D eigenvalue weighted by Gasteiger charge is 2.24. The van der Waals surface area contributed by atoms with Crippen molar-refractivity contribution >= 4 is 26.8 Å². The largest absolute Gasteiger partial charge is 0.465 e. The van der Waals surface area contributed by atoms with E-state index in [2.05, 4.69) is 4.57 Å². The van der Waals surface area contributed by atoms with Gasteiger partial charge < -0.3 is 14.6 Å². The third-order valence-electron chi connectivity index (χ3n) is 5.18. The van der Waals surface area contributed by atoms with Gasteiger partial charge in [0.2, 0.25) is 9.84 Å². The zero-order chi connectivity index (χ0) is 19.0. The summed E-state index contributed by atoms with van der Waals surface area (Å²) in [6.07, 6.45) is 2.59. The summed E-state index contributed by atoms with van der Waals surface area (Å²) >= 11 is 0. The number of carbonyl (C=O) groups is 1.